The molecular weight excluding hydrogens is 220 g/mol. The summed E-state index contributed by atoms with van der Waals surface area (Å²) in [6, 6.07) is 3.73. The molecule has 1 saturated heterocycles. The molecule has 2 unspecified atom stereocenters. The highest BCUT2D eigenvalue weighted by atomic mass is 16.5. The Labute approximate surface area is 99.4 Å². The predicted octanol–water partition coefficient (Wildman–Crippen LogP) is -0.0657. The number of aliphatic hydroxyl groups is 1. The molecule has 0 spiro atoms. The second-order valence-electron chi connectivity index (χ2n) is 4.04. The molecule has 17 heavy (non-hydrogen) atoms. The van der Waals surface area contributed by atoms with Crippen molar-refractivity contribution in [2.75, 3.05) is 24.6 Å². The Morgan fingerprint density at radius 2 is 2.47 bits per heavy atom. The van der Waals surface area contributed by atoms with Crippen molar-refractivity contribution in [3.8, 4) is 6.07 Å². The number of hydrogen-bond donors (Lipinski definition) is 1. The Bertz CT molecular complexity index is 432. The van der Waals surface area contributed by atoms with Gasteiger partial charge < -0.3 is 14.7 Å². The maximum atomic E-state index is 9.15. The average molecular weight is 234 g/mol. The number of aliphatic hydroxyl groups excluding tert-OH is 1. The Hall–Kier alpha value is -1.71. The lowest BCUT2D eigenvalue weighted by Crippen LogP contribution is -2.48. The Morgan fingerprint density at radius 1 is 1.65 bits per heavy atom. The van der Waals surface area contributed by atoms with Crippen LogP contribution >= 0.6 is 0 Å². The van der Waals surface area contributed by atoms with Crippen molar-refractivity contribution in [1.82, 2.24) is 10.2 Å². The quantitative estimate of drug-likeness (QED) is 0.771. The van der Waals surface area contributed by atoms with Gasteiger partial charge in [-0.15, -0.1) is 5.10 Å². The van der Waals surface area contributed by atoms with Gasteiger partial charge >= 0.3 is 0 Å². The van der Waals surface area contributed by atoms with Crippen molar-refractivity contribution in [3.05, 3.63) is 17.8 Å². The van der Waals surface area contributed by atoms with E-state index in [-0.39, 0.29) is 18.8 Å². The normalized spacial score (nSPS) is 24.4. The SMILES string of the molecule is CC1CN(c2nnccc2C#N)CC(CO)O1. The average Bonchev–Trinajstić information content (AvgIpc) is 2.37. The second kappa shape index (κ2) is 5.08. The lowest BCUT2D eigenvalue weighted by atomic mass is 10.2. The van der Waals surface area contributed by atoms with Crippen molar-refractivity contribution in [3.63, 3.8) is 0 Å². The third-order valence-electron chi connectivity index (χ3n) is 2.65. The maximum absolute atomic E-state index is 9.15. The van der Waals surface area contributed by atoms with Crippen LogP contribution in [0.15, 0.2) is 12.3 Å². The summed E-state index contributed by atoms with van der Waals surface area (Å²) in [5, 5.41) is 26.0. The first-order chi connectivity index (χ1) is 8.24. The molecule has 1 N–H and O–H groups in total. The Morgan fingerprint density at radius 3 is 3.18 bits per heavy atom. The third kappa shape index (κ3) is 2.52. The fourth-order valence-electron chi connectivity index (χ4n) is 1.96. The molecule has 0 aromatic carbocycles. The predicted molar refractivity (Wildman–Crippen MR) is 60.4 cm³/mol. The number of rotatable bonds is 2. The van der Waals surface area contributed by atoms with Crippen LogP contribution in [0.25, 0.3) is 0 Å². The summed E-state index contributed by atoms with van der Waals surface area (Å²) in [7, 11) is 0. The second-order valence-corrected chi connectivity index (χ2v) is 4.04. The molecule has 1 aromatic rings. The summed E-state index contributed by atoms with van der Waals surface area (Å²) in [5.41, 5.74) is 0.491. The molecule has 1 aromatic heterocycles. The number of aromatic nitrogens is 2. The first-order valence-corrected chi connectivity index (χ1v) is 5.47. The lowest BCUT2D eigenvalue weighted by molar-refractivity contribution is -0.0423. The highest BCUT2D eigenvalue weighted by Crippen LogP contribution is 2.20. The van der Waals surface area contributed by atoms with Crippen LogP contribution < -0.4 is 4.90 Å². The van der Waals surface area contributed by atoms with Crippen molar-refractivity contribution < 1.29 is 9.84 Å². The van der Waals surface area contributed by atoms with Gasteiger partial charge in [0.2, 0.25) is 0 Å². The summed E-state index contributed by atoms with van der Waals surface area (Å²) in [6.45, 7) is 3.05. The molecule has 1 aliphatic rings. The van der Waals surface area contributed by atoms with E-state index in [1.807, 2.05) is 11.8 Å². The van der Waals surface area contributed by atoms with E-state index in [2.05, 4.69) is 16.3 Å². The minimum Gasteiger partial charge on any atom is -0.394 e. The van der Waals surface area contributed by atoms with E-state index in [0.29, 0.717) is 24.5 Å². The van der Waals surface area contributed by atoms with Crippen molar-refractivity contribution in [1.29, 1.82) is 5.26 Å². The molecule has 6 heteroatoms. The fraction of sp³-hybridized carbons (Fsp3) is 0.545. The van der Waals surface area contributed by atoms with Crippen LogP contribution in [0, 0.1) is 11.3 Å². The summed E-state index contributed by atoms with van der Waals surface area (Å²) >= 11 is 0. The summed E-state index contributed by atoms with van der Waals surface area (Å²) in [5.74, 6) is 0.559. The third-order valence-corrected chi connectivity index (χ3v) is 2.65. The van der Waals surface area contributed by atoms with E-state index in [1.54, 1.807) is 6.07 Å². The molecule has 6 nitrogen and oxygen atoms in total. The van der Waals surface area contributed by atoms with Gasteiger partial charge in [-0.1, -0.05) is 0 Å². The van der Waals surface area contributed by atoms with Gasteiger partial charge in [-0.25, -0.2) is 0 Å². The van der Waals surface area contributed by atoms with Gasteiger partial charge in [-0.3, -0.25) is 0 Å². The molecule has 0 bridgehead atoms. The van der Waals surface area contributed by atoms with Gasteiger partial charge in [0.25, 0.3) is 0 Å². The number of morpholine rings is 1. The van der Waals surface area contributed by atoms with Crippen LogP contribution in [-0.2, 0) is 4.74 Å². The van der Waals surface area contributed by atoms with Gasteiger partial charge in [-0.05, 0) is 13.0 Å². The van der Waals surface area contributed by atoms with Crippen LogP contribution in [0.3, 0.4) is 0 Å². The molecule has 1 fully saturated rings. The fourth-order valence-corrected chi connectivity index (χ4v) is 1.96. The summed E-state index contributed by atoms with van der Waals surface area (Å²) in [4.78, 5) is 1.93. The van der Waals surface area contributed by atoms with E-state index >= 15 is 0 Å². The first kappa shape index (κ1) is 11.8. The van der Waals surface area contributed by atoms with Gasteiger partial charge in [0, 0.05) is 13.1 Å². The maximum Gasteiger partial charge on any atom is 0.169 e. The molecule has 2 heterocycles. The number of ether oxygens (including phenoxy) is 1. The highest BCUT2D eigenvalue weighted by Gasteiger charge is 2.27. The molecule has 2 atom stereocenters. The van der Waals surface area contributed by atoms with Gasteiger partial charge in [0.15, 0.2) is 5.82 Å². The zero-order valence-electron chi connectivity index (χ0n) is 9.58. The van der Waals surface area contributed by atoms with Crippen molar-refractivity contribution in [2.24, 2.45) is 0 Å². The molecule has 0 saturated carbocycles. The number of nitriles is 1. The molecule has 0 aliphatic carbocycles. The van der Waals surface area contributed by atoms with E-state index < -0.39 is 0 Å². The monoisotopic (exact) mass is 234 g/mol. The first-order valence-electron chi connectivity index (χ1n) is 5.47. The molecule has 0 radical (unpaired) electrons. The number of nitrogens with zero attached hydrogens (tertiary/aromatic N) is 4. The molecule has 1 aliphatic heterocycles. The molecule has 2 rings (SSSR count). The van der Waals surface area contributed by atoms with Gasteiger partial charge in [0.1, 0.15) is 6.07 Å². The standard InChI is InChI=1S/C11H14N4O2/c1-8-5-15(6-10(7-16)17-8)11-9(4-12)2-3-13-14-11/h2-3,8,10,16H,5-7H2,1H3. The smallest absolute Gasteiger partial charge is 0.169 e. The zero-order chi connectivity index (χ0) is 12.3. The van der Waals surface area contributed by atoms with Gasteiger partial charge in [0.05, 0.1) is 30.6 Å². The number of hydrogen-bond acceptors (Lipinski definition) is 6. The van der Waals surface area contributed by atoms with Crippen LogP contribution in [0.1, 0.15) is 12.5 Å². The molecular formula is C11H14N4O2. The van der Waals surface area contributed by atoms with Crippen molar-refractivity contribution in [2.45, 2.75) is 19.1 Å². The minimum absolute atomic E-state index is 0.00514. The Kier molecular flexibility index (Phi) is 3.52. The summed E-state index contributed by atoms with van der Waals surface area (Å²) < 4.78 is 5.54. The van der Waals surface area contributed by atoms with Crippen LogP contribution in [0.4, 0.5) is 5.82 Å². The van der Waals surface area contributed by atoms with Crippen LogP contribution in [0.5, 0.6) is 0 Å². The van der Waals surface area contributed by atoms with E-state index in [1.165, 1.54) is 6.20 Å². The highest BCUT2D eigenvalue weighted by molar-refractivity contribution is 5.52. The Balaban J connectivity index is 2.24. The van der Waals surface area contributed by atoms with E-state index in [9.17, 15) is 0 Å². The summed E-state index contributed by atoms with van der Waals surface area (Å²) in [6.07, 6.45) is 1.25. The van der Waals surface area contributed by atoms with E-state index in [4.69, 9.17) is 15.1 Å². The zero-order valence-corrected chi connectivity index (χ0v) is 9.58. The minimum atomic E-state index is -0.243. The topological polar surface area (TPSA) is 82.3 Å². The van der Waals surface area contributed by atoms with Gasteiger partial charge in [-0.2, -0.15) is 10.4 Å². The lowest BCUT2D eigenvalue weighted by Gasteiger charge is -2.36. The molecule has 90 valence electrons. The van der Waals surface area contributed by atoms with Crippen molar-refractivity contribution >= 4 is 5.82 Å². The van der Waals surface area contributed by atoms with Crippen LogP contribution in [-0.4, -0.2) is 47.2 Å². The van der Waals surface area contributed by atoms with Crippen LogP contribution in [0.2, 0.25) is 0 Å². The van der Waals surface area contributed by atoms with E-state index in [0.717, 1.165) is 0 Å². The largest absolute Gasteiger partial charge is 0.394 e. The number of anilines is 1. The molecule has 0 amide bonds.